The minimum Gasteiger partial charge on any atom is -0.383 e. The lowest BCUT2D eigenvalue weighted by atomic mass is 9.94. The SMILES string of the molecule is COCCN1CC(C(=O)N2CCc3nc[nH]c(=O)c3C2)CCC1=O. The molecule has 0 saturated carbocycles. The molecule has 0 spiro atoms. The number of nitrogens with one attached hydrogen (secondary N) is 1. The second-order valence-corrected chi connectivity index (χ2v) is 6.23. The summed E-state index contributed by atoms with van der Waals surface area (Å²) in [6, 6.07) is 0. The maximum Gasteiger partial charge on any atom is 0.255 e. The molecule has 2 amide bonds. The van der Waals surface area contributed by atoms with Gasteiger partial charge in [0.15, 0.2) is 0 Å². The van der Waals surface area contributed by atoms with E-state index in [1.165, 1.54) is 6.33 Å². The third-order valence-electron chi connectivity index (χ3n) is 4.73. The van der Waals surface area contributed by atoms with Crippen molar-refractivity contribution in [1.82, 2.24) is 19.8 Å². The Hall–Kier alpha value is -2.22. The van der Waals surface area contributed by atoms with Crippen molar-refractivity contribution in [1.29, 1.82) is 0 Å². The smallest absolute Gasteiger partial charge is 0.255 e. The predicted octanol–water partition coefficient (Wildman–Crippen LogP) is -0.460. The van der Waals surface area contributed by atoms with Gasteiger partial charge in [-0.2, -0.15) is 0 Å². The molecule has 8 heteroatoms. The molecule has 0 radical (unpaired) electrons. The molecule has 24 heavy (non-hydrogen) atoms. The topological polar surface area (TPSA) is 95.6 Å². The van der Waals surface area contributed by atoms with Gasteiger partial charge in [-0.05, 0) is 6.42 Å². The summed E-state index contributed by atoms with van der Waals surface area (Å²) in [5.74, 6) is -0.128. The highest BCUT2D eigenvalue weighted by Crippen LogP contribution is 2.22. The summed E-state index contributed by atoms with van der Waals surface area (Å²) >= 11 is 0. The molecule has 1 fully saturated rings. The number of nitrogens with zero attached hydrogens (tertiary/aromatic N) is 3. The van der Waals surface area contributed by atoms with Crippen LogP contribution in [-0.2, 0) is 27.3 Å². The van der Waals surface area contributed by atoms with Crippen LogP contribution in [0.5, 0.6) is 0 Å². The van der Waals surface area contributed by atoms with Crippen LogP contribution in [0.2, 0.25) is 0 Å². The van der Waals surface area contributed by atoms with Crippen LogP contribution in [-0.4, -0.2) is 64.9 Å². The number of carbonyl (C=O) groups excluding carboxylic acids is 2. The molecule has 0 aliphatic carbocycles. The summed E-state index contributed by atoms with van der Waals surface area (Å²) in [7, 11) is 1.59. The first-order valence-electron chi connectivity index (χ1n) is 8.21. The Labute approximate surface area is 139 Å². The Morgan fingerprint density at radius 3 is 3.04 bits per heavy atom. The molecular formula is C16H22N4O4. The molecule has 2 aliphatic heterocycles. The second-order valence-electron chi connectivity index (χ2n) is 6.23. The summed E-state index contributed by atoms with van der Waals surface area (Å²) in [5.41, 5.74) is 1.15. The van der Waals surface area contributed by atoms with Crippen molar-refractivity contribution >= 4 is 11.8 Å². The van der Waals surface area contributed by atoms with Crippen LogP contribution in [0.25, 0.3) is 0 Å². The molecule has 3 rings (SSSR count). The first-order valence-corrected chi connectivity index (χ1v) is 8.21. The summed E-state index contributed by atoms with van der Waals surface area (Å²) in [4.78, 5) is 46.8. The summed E-state index contributed by atoms with van der Waals surface area (Å²) in [6.45, 7) is 2.24. The van der Waals surface area contributed by atoms with Crippen LogP contribution in [0.15, 0.2) is 11.1 Å². The zero-order chi connectivity index (χ0) is 17.1. The van der Waals surface area contributed by atoms with Crippen LogP contribution < -0.4 is 5.56 Å². The molecule has 0 bridgehead atoms. The van der Waals surface area contributed by atoms with E-state index in [-0.39, 0.29) is 23.3 Å². The number of rotatable bonds is 4. The summed E-state index contributed by atoms with van der Waals surface area (Å²) in [5, 5.41) is 0. The van der Waals surface area contributed by atoms with Crippen LogP contribution >= 0.6 is 0 Å². The number of ether oxygens (including phenoxy) is 1. The van der Waals surface area contributed by atoms with Crippen LogP contribution in [0.1, 0.15) is 24.1 Å². The normalized spacial score (nSPS) is 20.9. The number of fused-ring (bicyclic) bond motifs is 1. The molecule has 0 aromatic carbocycles. The fourth-order valence-corrected chi connectivity index (χ4v) is 3.33. The van der Waals surface area contributed by atoms with E-state index >= 15 is 0 Å². The van der Waals surface area contributed by atoms with Crippen LogP contribution in [0.3, 0.4) is 0 Å². The second kappa shape index (κ2) is 7.12. The van der Waals surface area contributed by atoms with E-state index in [9.17, 15) is 14.4 Å². The monoisotopic (exact) mass is 334 g/mol. The van der Waals surface area contributed by atoms with Crippen molar-refractivity contribution in [2.24, 2.45) is 5.92 Å². The fraction of sp³-hybridized carbons (Fsp3) is 0.625. The number of aromatic amines is 1. The lowest BCUT2D eigenvalue weighted by Crippen LogP contribution is -2.49. The minimum absolute atomic E-state index is 0.0128. The van der Waals surface area contributed by atoms with Crippen molar-refractivity contribution in [3.05, 3.63) is 27.9 Å². The number of methoxy groups -OCH3 is 1. The highest BCUT2D eigenvalue weighted by molar-refractivity contribution is 5.84. The van der Waals surface area contributed by atoms with Crippen LogP contribution in [0.4, 0.5) is 0 Å². The lowest BCUT2D eigenvalue weighted by molar-refractivity contribution is -0.144. The van der Waals surface area contributed by atoms with E-state index in [1.54, 1.807) is 16.9 Å². The van der Waals surface area contributed by atoms with Gasteiger partial charge in [0.05, 0.1) is 36.7 Å². The quantitative estimate of drug-likeness (QED) is 0.804. The van der Waals surface area contributed by atoms with Gasteiger partial charge in [-0.3, -0.25) is 14.4 Å². The Morgan fingerprint density at radius 1 is 1.42 bits per heavy atom. The van der Waals surface area contributed by atoms with E-state index in [0.717, 1.165) is 5.69 Å². The van der Waals surface area contributed by atoms with E-state index in [2.05, 4.69) is 9.97 Å². The average Bonchev–Trinajstić information content (AvgIpc) is 2.60. The van der Waals surface area contributed by atoms with Crippen molar-refractivity contribution < 1.29 is 14.3 Å². The molecule has 130 valence electrons. The van der Waals surface area contributed by atoms with Gasteiger partial charge in [-0.25, -0.2) is 4.98 Å². The van der Waals surface area contributed by atoms with Gasteiger partial charge in [-0.15, -0.1) is 0 Å². The molecule has 1 unspecified atom stereocenters. The van der Waals surface area contributed by atoms with Gasteiger partial charge < -0.3 is 19.5 Å². The summed E-state index contributed by atoms with van der Waals surface area (Å²) < 4.78 is 5.02. The average molecular weight is 334 g/mol. The Bertz CT molecular complexity index is 687. The van der Waals surface area contributed by atoms with E-state index in [1.807, 2.05) is 0 Å². The number of hydrogen-bond donors (Lipinski definition) is 1. The third kappa shape index (κ3) is 3.33. The number of amides is 2. The summed E-state index contributed by atoms with van der Waals surface area (Å²) in [6.07, 6.45) is 2.93. The van der Waals surface area contributed by atoms with Gasteiger partial charge in [0.1, 0.15) is 0 Å². The number of carbonyl (C=O) groups is 2. The van der Waals surface area contributed by atoms with E-state index in [4.69, 9.17) is 4.74 Å². The van der Waals surface area contributed by atoms with Crippen molar-refractivity contribution in [2.45, 2.75) is 25.8 Å². The molecule has 1 atom stereocenters. The first kappa shape index (κ1) is 16.6. The largest absolute Gasteiger partial charge is 0.383 e. The third-order valence-corrected chi connectivity index (χ3v) is 4.73. The van der Waals surface area contributed by atoms with Gasteiger partial charge >= 0.3 is 0 Å². The maximum absolute atomic E-state index is 12.8. The Balaban J connectivity index is 1.67. The minimum atomic E-state index is -0.211. The molecule has 3 heterocycles. The highest BCUT2D eigenvalue weighted by Gasteiger charge is 2.34. The van der Waals surface area contributed by atoms with Crippen LogP contribution in [0, 0.1) is 5.92 Å². The molecule has 1 aromatic rings. The van der Waals surface area contributed by atoms with Crippen molar-refractivity contribution in [2.75, 3.05) is 33.4 Å². The number of aromatic nitrogens is 2. The zero-order valence-corrected chi connectivity index (χ0v) is 13.8. The molecule has 1 saturated heterocycles. The Kier molecular flexibility index (Phi) is 4.94. The first-order chi connectivity index (χ1) is 11.6. The van der Waals surface area contributed by atoms with Gasteiger partial charge in [0.2, 0.25) is 11.8 Å². The molecular weight excluding hydrogens is 312 g/mol. The number of H-pyrrole nitrogens is 1. The Morgan fingerprint density at radius 2 is 2.25 bits per heavy atom. The number of hydrogen-bond acceptors (Lipinski definition) is 5. The van der Waals surface area contributed by atoms with Gasteiger partial charge in [0, 0.05) is 39.6 Å². The standard InChI is InChI=1S/C16H22N4O4/c1-24-7-6-19-8-11(2-3-14(19)21)16(23)20-5-4-13-12(9-20)15(22)18-10-17-13/h10-11H,2-9H2,1H3,(H,17,18,22). The maximum atomic E-state index is 12.8. The van der Waals surface area contributed by atoms with E-state index < -0.39 is 0 Å². The van der Waals surface area contributed by atoms with Crippen molar-refractivity contribution in [3.8, 4) is 0 Å². The lowest BCUT2D eigenvalue weighted by Gasteiger charge is -2.36. The number of piperidine rings is 1. The van der Waals surface area contributed by atoms with Crippen molar-refractivity contribution in [3.63, 3.8) is 0 Å². The molecule has 1 aromatic heterocycles. The highest BCUT2D eigenvalue weighted by atomic mass is 16.5. The van der Waals surface area contributed by atoms with Gasteiger partial charge in [-0.1, -0.05) is 0 Å². The predicted molar refractivity (Wildman–Crippen MR) is 85.2 cm³/mol. The number of likely N-dealkylation sites (tertiary alicyclic amines) is 1. The molecule has 8 nitrogen and oxygen atoms in total. The van der Waals surface area contributed by atoms with Gasteiger partial charge in [0.25, 0.3) is 5.56 Å². The molecule has 2 aliphatic rings. The van der Waals surface area contributed by atoms with E-state index in [0.29, 0.717) is 57.6 Å². The zero-order valence-electron chi connectivity index (χ0n) is 13.8. The molecule has 1 N–H and O–H groups in total. The fourth-order valence-electron chi connectivity index (χ4n) is 3.33.